The van der Waals surface area contributed by atoms with E-state index in [1.807, 2.05) is 36.7 Å². The number of fused-ring (bicyclic) bond motifs is 1. The summed E-state index contributed by atoms with van der Waals surface area (Å²) in [6.45, 7) is 19.1. The number of hydrogen-bond donors (Lipinski definition) is 1. The van der Waals surface area contributed by atoms with Gasteiger partial charge < -0.3 is 19.6 Å². The van der Waals surface area contributed by atoms with Crippen LogP contribution < -0.4 is 24.9 Å². The summed E-state index contributed by atoms with van der Waals surface area (Å²) in [7, 11) is 0. The molecule has 3 aromatic rings. The first-order valence-electron chi connectivity index (χ1n) is 20.7. The van der Waals surface area contributed by atoms with Crippen LogP contribution >= 0.6 is 11.6 Å². The van der Waals surface area contributed by atoms with Gasteiger partial charge in [-0.2, -0.15) is 0 Å². The molecule has 1 unspecified atom stereocenters. The molecule has 1 aromatic heterocycles. The Hall–Kier alpha value is -5.26. The van der Waals surface area contributed by atoms with E-state index < -0.39 is 23.8 Å². The molecule has 14 nitrogen and oxygen atoms in total. The van der Waals surface area contributed by atoms with Gasteiger partial charge in [0.15, 0.2) is 0 Å². The van der Waals surface area contributed by atoms with E-state index in [1.54, 1.807) is 12.1 Å². The minimum atomic E-state index is -0.960. The van der Waals surface area contributed by atoms with Gasteiger partial charge >= 0.3 is 0 Å². The number of carbonyl (C=O) groups excluding carboxylic acids is 4. The summed E-state index contributed by atoms with van der Waals surface area (Å²) in [6, 6.07) is 10.7. The van der Waals surface area contributed by atoms with E-state index >= 15 is 0 Å². The molecule has 6 aliphatic heterocycles. The van der Waals surface area contributed by atoms with Gasteiger partial charge in [0.1, 0.15) is 17.7 Å². The third kappa shape index (κ3) is 7.23. The van der Waals surface area contributed by atoms with Crippen LogP contribution in [0.1, 0.15) is 72.6 Å². The Morgan fingerprint density at radius 2 is 1.48 bits per heavy atom. The highest BCUT2D eigenvalue weighted by Crippen LogP contribution is 2.46. The minimum Gasteiger partial charge on any atom is -0.371 e. The molecule has 58 heavy (non-hydrogen) atoms. The van der Waals surface area contributed by atoms with Crippen LogP contribution in [0, 0.1) is 17.9 Å². The monoisotopic (exact) mass is 804 g/mol. The normalized spacial score (nSPS) is 24.1. The highest BCUT2D eigenvalue weighted by molar-refractivity contribution is 6.33. The molecule has 4 amide bonds. The summed E-state index contributed by atoms with van der Waals surface area (Å²) in [5.74, 6) is 0.537. The molecule has 0 saturated carbocycles. The molecule has 0 bridgehead atoms. The van der Waals surface area contributed by atoms with Crippen molar-refractivity contribution >= 4 is 63.9 Å². The van der Waals surface area contributed by atoms with Crippen molar-refractivity contribution in [3.8, 4) is 0 Å². The van der Waals surface area contributed by atoms with Gasteiger partial charge in [-0.3, -0.25) is 34.3 Å². The number of imide groups is 2. The quantitative estimate of drug-likeness (QED) is 0.256. The predicted molar refractivity (Wildman–Crippen MR) is 222 cm³/mol. The number of piperazine rings is 1. The Morgan fingerprint density at radius 3 is 2.14 bits per heavy atom. The molecule has 302 valence electrons. The van der Waals surface area contributed by atoms with Crippen molar-refractivity contribution in [2.24, 2.45) is 11.3 Å². The second kappa shape index (κ2) is 15.5. The first-order valence-corrected chi connectivity index (χ1v) is 21.0. The van der Waals surface area contributed by atoms with Crippen molar-refractivity contribution in [1.82, 2.24) is 25.1 Å². The first kappa shape index (κ1) is 38.3. The van der Waals surface area contributed by atoms with Gasteiger partial charge in [-0.25, -0.2) is 14.8 Å². The number of nitrogens with zero attached hydrogens (tertiary/aromatic N) is 9. The van der Waals surface area contributed by atoms with E-state index in [2.05, 4.69) is 41.6 Å². The van der Waals surface area contributed by atoms with E-state index in [9.17, 15) is 19.2 Å². The minimum absolute atomic E-state index is 0.102. The fourth-order valence-electron chi connectivity index (χ4n) is 10.2. The molecule has 2 atom stereocenters. The average molecular weight is 805 g/mol. The summed E-state index contributed by atoms with van der Waals surface area (Å²) in [4.78, 5) is 76.9. The van der Waals surface area contributed by atoms with Crippen LogP contribution in [0.15, 0.2) is 48.8 Å². The van der Waals surface area contributed by atoms with Gasteiger partial charge in [-0.1, -0.05) is 17.7 Å². The van der Waals surface area contributed by atoms with Crippen LogP contribution in [0.3, 0.4) is 0 Å². The molecule has 0 radical (unpaired) electrons. The zero-order valence-electron chi connectivity index (χ0n) is 32.9. The van der Waals surface area contributed by atoms with Crippen molar-refractivity contribution in [2.75, 3.05) is 85.0 Å². The molecule has 6 aliphatic rings. The van der Waals surface area contributed by atoms with Gasteiger partial charge in [0.25, 0.3) is 11.8 Å². The maximum Gasteiger partial charge on any atom is 0.262 e. The molecule has 5 saturated heterocycles. The average Bonchev–Trinajstić information content (AvgIpc) is 3.69. The van der Waals surface area contributed by atoms with E-state index in [0.717, 1.165) is 125 Å². The van der Waals surface area contributed by atoms with Gasteiger partial charge in [-0.05, 0) is 87.1 Å². The molecule has 0 aliphatic carbocycles. The number of piperidine rings is 3. The lowest BCUT2D eigenvalue weighted by Gasteiger charge is -2.40. The molecule has 1 spiro atoms. The third-order valence-corrected chi connectivity index (χ3v) is 13.8. The highest BCUT2D eigenvalue weighted by atomic mass is 35.5. The number of anilines is 4. The van der Waals surface area contributed by atoms with Crippen molar-refractivity contribution in [3.05, 3.63) is 76.4 Å². The highest BCUT2D eigenvalue weighted by Gasteiger charge is 2.46. The Balaban J connectivity index is 0.721. The van der Waals surface area contributed by atoms with Gasteiger partial charge in [0.05, 0.1) is 30.1 Å². The fourth-order valence-corrected chi connectivity index (χ4v) is 10.4. The Kier molecular flexibility index (Phi) is 10.2. The van der Waals surface area contributed by atoms with E-state index in [1.165, 1.54) is 0 Å². The third-order valence-electron chi connectivity index (χ3n) is 13.5. The van der Waals surface area contributed by atoms with E-state index in [-0.39, 0.29) is 24.2 Å². The molecule has 15 heteroatoms. The predicted octanol–water partition coefficient (Wildman–Crippen LogP) is 5.01. The Bertz CT molecular complexity index is 2150. The summed E-state index contributed by atoms with van der Waals surface area (Å²) in [6.07, 6.45) is 9.59. The van der Waals surface area contributed by atoms with Crippen LogP contribution in [0.25, 0.3) is 4.85 Å². The largest absolute Gasteiger partial charge is 0.371 e. The number of benzene rings is 2. The lowest BCUT2D eigenvalue weighted by atomic mass is 9.77. The number of rotatable bonds is 7. The van der Waals surface area contributed by atoms with Crippen molar-refractivity contribution in [3.63, 3.8) is 0 Å². The standard InChI is InChI=1S/C43H49ClN10O4/c1-28-23-43(27-53(28)31-4-6-35(45-2)34(44)22-31)11-15-51(16-12-43)37-24-47-38(25-46-37)52-19-17-49(18-20-52)26-29-9-13-50(14-10-29)30-3-5-32-33(21-30)42(58)54(41(32)57)36-7-8-39(55)48-40(36)56/h3-6,21-22,24-25,28-29,36H,7-20,23,26-27H2,1H3,(H,48,55,56)/t28-,36?/m0/s1. The van der Waals surface area contributed by atoms with Gasteiger partial charge in [0.2, 0.25) is 17.5 Å². The van der Waals surface area contributed by atoms with Crippen LogP contribution in [-0.2, 0) is 9.59 Å². The van der Waals surface area contributed by atoms with Crippen LogP contribution in [0.5, 0.6) is 0 Å². The number of hydrogen-bond acceptors (Lipinski definition) is 11. The maximum atomic E-state index is 13.3. The van der Waals surface area contributed by atoms with E-state index in [4.69, 9.17) is 28.1 Å². The number of amides is 4. The first-order chi connectivity index (χ1) is 28.1. The lowest BCUT2D eigenvalue weighted by Crippen LogP contribution is -2.54. The summed E-state index contributed by atoms with van der Waals surface area (Å²) in [5, 5.41) is 2.78. The molecule has 5 fully saturated rings. The van der Waals surface area contributed by atoms with Crippen molar-refractivity contribution in [2.45, 2.75) is 64.0 Å². The number of nitrogens with one attached hydrogen (secondary N) is 1. The van der Waals surface area contributed by atoms with E-state index in [0.29, 0.717) is 33.8 Å². The Labute approximate surface area is 343 Å². The van der Waals surface area contributed by atoms with Crippen molar-refractivity contribution in [1.29, 1.82) is 0 Å². The molecule has 9 rings (SSSR count). The van der Waals surface area contributed by atoms with Crippen LogP contribution in [0.2, 0.25) is 5.02 Å². The number of aromatic nitrogens is 2. The smallest absolute Gasteiger partial charge is 0.262 e. The molecule has 2 aromatic carbocycles. The molecular formula is C43H49ClN10O4. The fraction of sp³-hybridized carbons (Fsp3) is 0.512. The number of halogens is 1. The number of carbonyl (C=O) groups is 4. The zero-order chi connectivity index (χ0) is 40.1. The zero-order valence-corrected chi connectivity index (χ0v) is 33.7. The second-order valence-electron chi connectivity index (χ2n) is 17.0. The van der Waals surface area contributed by atoms with Crippen LogP contribution in [0.4, 0.5) is 28.7 Å². The maximum absolute atomic E-state index is 13.3. The van der Waals surface area contributed by atoms with Crippen LogP contribution in [-0.4, -0.2) is 121 Å². The molecule has 1 N–H and O–H groups in total. The van der Waals surface area contributed by atoms with Gasteiger partial charge in [-0.15, -0.1) is 0 Å². The topological polar surface area (TPSA) is 130 Å². The summed E-state index contributed by atoms with van der Waals surface area (Å²) >= 11 is 6.39. The lowest BCUT2D eigenvalue weighted by molar-refractivity contribution is -0.136. The second-order valence-corrected chi connectivity index (χ2v) is 17.5. The molecular weight excluding hydrogens is 756 g/mol. The summed E-state index contributed by atoms with van der Waals surface area (Å²) in [5.41, 5.74) is 3.42. The van der Waals surface area contributed by atoms with Crippen molar-refractivity contribution < 1.29 is 19.2 Å². The SMILES string of the molecule is [C-]#[N+]c1ccc(N2CC3(CCN(c4cnc(N5CCN(CC6CCN(c7ccc8c(c7)C(=O)N(C7CCC(=O)NC7=O)C8=O)CC6)CC5)cn4)CC3)C[C@@H]2C)cc1Cl. The summed E-state index contributed by atoms with van der Waals surface area (Å²) < 4.78 is 0. The Morgan fingerprint density at radius 1 is 0.810 bits per heavy atom. The molecule has 7 heterocycles. The van der Waals surface area contributed by atoms with Gasteiger partial charge in [0, 0.05) is 94.3 Å².